The van der Waals surface area contributed by atoms with Crippen LogP contribution in [0.25, 0.3) is 0 Å². The topological polar surface area (TPSA) is 164 Å². The summed E-state index contributed by atoms with van der Waals surface area (Å²) in [4.78, 5) is 48.0. The highest BCUT2D eigenvalue weighted by molar-refractivity contribution is 5.96. The van der Waals surface area contributed by atoms with Crippen LogP contribution in [-0.4, -0.2) is 52.5 Å². The molecule has 0 radical (unpaired) electrons. The van der Waals surface area contributed by atoms with Crippen LogP contribution >= 0.6 is 0 Å². The summed E-state index contributed by atoms with van der Waals surface area (Å²) in [6.07, 6.45) is 0. The van der Waals surface area contributed by atoms with Crippen molar-refractivity contribution in [2.24, 2.45) is 0 Å². The summed E-state index contributed by atoms with van der Waals surface area (Å²) in [6, 6.07) is 3.17. The summed E-state index contributed by atoms with van der Waals surface area (Å²) in [5.41, 5.74) is 4.82. The molecule has 2 aromatic rings. The van der Waals surface area contributed by atoms with Crippen LogP contribution in [0.5, 0.6) is 0 Å². The average molecular weight is 390 g/mol. The highest BCUT2D eigenvalue weighted by Crippen LogP contribution is 2.19. The molecule has 0 aliphatic rings. The predicted molar refractivity (Wildman–Crippen MR) is 96.7 cm³/mol. The Morgan fingerprint density at radius 1 is 1.11 bits per heavy atom. The number of non-ortho nitro benzene ring substituents is 1. The lowest BCUT2D eigenvalue weighted by atomic mass is 10.1. The summed E-state index contributed by atoms with van der Waals surface area (Å²) >= 11 is 0. The number of rotatable bonds is 7. The molecule has 148 valence electrons. The van der Waals surface area contributed by atoms with E-state index in [4.69, 9.17) is 15.2 Å². The molecule has 0 aliphatic carbocycles. The third kappa shape index (κ3) is 5.09. The quantitative estimate of drug-likeness (QED) is 0.407. The number of nitrogen functional groups attached to an aromatic ring is 1. The van der Waals surface area contributed by atoms with Crippen molar-refractivity contribution in [2.45, 2.75) is 13.5 Å². The Balaban J connectivity index is 2.24. The highest BCUT2D eigenvalue weighted by atomic mass is 16.6. The highest BCUT2D eigenvalue weighted by Gasteiger charge is 2.20. The number of hydrogen-bond donors (Lipinski definition) is 1. The van der Waals surface area contributed by atoms with Gasteiger partial charge in [0.1, 0.15) is 0 Å². The van der Waals surface area contributed by atoms with Gasteiger partial charge >= 0.3 is 11.9 Å². The molecule has 12 nitrogen and oxygen atoms in total. The first kappa shape index (κ1) is 20.5. The molecule has 1 aromatic carbocycles. The van der Waals surface area contributed by atoms with Crippen molar-refractivity contribution >= 4 is 29.5 Å². The number of anilines is 2. The Morgan fingerprint density at radius 3 is 2.25 bits per heavy atom. The molecule has 0 spiro atoms. The van der Waals surface area contributed by atoms with E-state index < -0.39 is 22.5 Å². The number of nitro benzene ring substituents is 1. The molecule has 0 atom stereocenters. The monoisotopic (exact) mass is 390 g/mol. The molecular formula is C16H18N6O6. The van der Waals surface area contributed by atoms with Gasteiger partial charge in [-0.25, -0.2) is 9.59 Å². The summed E-state index contributed by atoms with van der Waals surface area (Å²) in [5, 5.41) is 11.1. The zero-order valence-corrected chi connectivity index (χ0v) is 15.4. The van der Waals surface area contributed by atoms with Gasteiger partial charge < -0.3 is 20.1 Å². The molecule has 0 fully saturated rings. The molecule has 28 heavy (non-hydrogen) atoms. The molecule has 0 aliphatic heterocycles. The summed E-state index contributed by atoms with van der Waals surface area (Å²) < 4.78 is 9.91. The number of esters is 2. The van der Waals surface area contributed by atoms with Gasteiger partial charge in [-0.05, 0) is 13.0 Å². The number of carbonyl (C=O) groups is 2. The molecule has 1 heterocycles. The number of hydrogen-bond acceptors (Lipinski definition) is 11. The van der Waals surface area contributed by atoms with E-state index in [1.165, 1.54) is 0 Å². The van der Waals surface area contributed by atoms with Crippen molar-refractivity contribution in [3.05, 3.63) is 45.3 Å². The minimum Gasteiger partial charge on any atom is -0.462 e. The van der Waals surface area contributed by atoms with Gasteiger partial charge in [-0.15, -0.1) is 0 Å². The predicted octanol–water partition coefficient (Wildman–Crippen LogP) is 0.962. The van der Waals surface area contributed by atoms with Crippen molar-refractivity contribution in [3.8, 4) is 0 Å². The van der Waals surface area contributed by atoms with Gasteiger partial charge in [0.25, 0.3) is 5.69 Å². The summed E-state index contributed by atoms with van der Waals surface area (Å²) in [6.45, 7) is 1.33. The first-order valence-corrected chi connectivity index (χ1v) is 8.02. The lowest BCUT2D eigenvalue weighted by molar-refractivity contribution is -0.384. The fourth-order valence-electron chi connectivity index (χ4n) is 2.07. The number of nitrogens with zero attached hydrogens (tertiary/aromatic N) is 5. The van der Waals surface area contributed by atoms with E-state index in [-0.39, 0.29) is 42.1 Å². The minimum atomic E-state index is -0.903. The molecule has 2 rings (SSSR count). The van der Waals surface area contributed by atoms with E-state index in [0.29, 0.717) is 0 Å². The van der Waals surface area contributed by atoms with Crippen molar-refractivity contribution in [1.29, 1.82) is 0 Å². The number of aromatic nitrogens is 3. The number of nitro groups is 1. The molecule has 0 saturated carbocycles. The minimum absolute atomic E-state index is 0.0512. The summed E-state index contributed by atoms with van der Waals surface area (Å²) in [5.74, 6) is -1.37. The number of benzene rings is 1. The van der Waals surface area contributed by atoms with Crippen molar-refractivity contribution < 1.29 is 24.0 Å². The zero-order chi connectivity index (χ0) is 20.8. The van der Waals surface area contributed by atoms with E-state index in [1.807, 2.05) is 0 Å². The average Bonchev–Trinajstić information content (AvgIpc) is 2.65. The number of carbonyl (C=O) groups excluding carboxylic acids is 2. The Kier molecular flexibility index (Phi) is 6.37. The van der Waals surface area contributed by atoms with Gasteiger partial charge in [0.05, 0.1) is 22.7 Å². The smallest absolute Gasteiger partial charge is 0.338 e. The van der Waals surface area contributed by atoms with Gasteiger partial charge in [0, 0.05) is 26.2 Å². The standard InChI is InChI=1S/C16H18N6O6/c1-4-27-13(23)9-5-10(7-11(6-9)22(25)26)14(24)28-8-12-18-15(17)20-16(19-12)21(2)3/h5-7H,4,8H2,1-3H3,(H2,17,18,19,20). The third-order valence-corrected chi connectivity index (χ3v) is 3.30. The first-order valence-electron chi connectivity index (χ1n) is 8.02. The Hall–Kier alpha value is -3.83. The van der Waals surface area contributed by atoms with E-state index in [0.717, 1.165) is 18.2 Å². The lowest BCUT2D eigenvalue weighted by Crippen LogP contribution is -2.17. The van der Waals surface area contributed by atoms with Gasteiger partial charge in [-0.3, -0.25) is 10.1 Å². The number of nitrogens with two attached hydrogens (primary N) is 1. The second-order valence-electron chi connectivity index (χ2n) is 5.63. The van der Waals surface area contributed by atoms with E-state index in [1.54, 1.807) is 25.9 Å². The van der Waals surface area contributed by atoms with Crippen LogP contribution in [0, 0.1) is 10.1 Å². The SMILES string of the molecule is CCOC(=O)c1cc(C(=O)OCc2nc(N)nc(N(C)C)n2)cc([N+](=O)[O-])c1. The van der Waals surface area contributed by atoms with Crippen LogP contribution in [-0.2, 0) is 16.1 Å². The number of ether oxygens (including phenoxy) is 2. The molecule has 0 amide bonds. The zero-order valence-electron chi connectivity index (χ0n) is 15.4. The maximum Gasteiger partial charge on any atom is 0.338 e. The van der Waals surface area contributed by atoms with Crippen LogP contribution in [0.2, 0.25) is 0 Å². The van der Waals surface area contributed by atoms with Crippen LogP contribution in [0.15, 0.2) is 18.2 Å². The molecule has 1 aromatic heterocycles. The van der Waals surface area contributed by atoms with E-state index in [9.17, 15) is 19.7 Å². The van der Waals surface area contributed by atoms with Gasteiger partial charge in [0.2, 0.25) is 11.9 Å². The maximum atomic E-state index is 12.3. The van der Waals surface area contributed by atoms with Crippen LogP contribution < -0.4 is 10.6 Å². The molecule has 0 unspecified atom stereocenters. The van der Waals surface area contributed by atoms with Gasteiger partial charge in [0.15, 0.2) is 12.4 Å². The van der Waals surface area contributed by atoms with E-state index in [2.05, 4.69) is 15.0 Å². The Bertz CT molecular complexity index is 916. The fourth-order valence-corrected chi connectivity index (χ4v) is 2.07. The largest absolute Gasteiger partial charge is 0.462 e. The first-order chi connectivity index (χ1) is 13.2. The van der Waals surface area contributed by atoms with Gasteiger partial charge in [-0.2, -0.15) is 15.0 Å². The molecule has 12 heteroatoms. The van der Waals surface area contributed by atoms with Crippen LogP contribution in [0.3, 0.4) is 0 Å². The Labute approximate surface area is 159 Å². The van der Waals surface area contributed by atoms with Crippen LogP contribution in [0.1, 0.15) is 33.5 Å². The second-order valence-corrected chi connectivity index (χ2v) is 5.63. The fraction of sp³-hybridized carbons (Fsp3) is 0.312. The molecule has 0 bridgehead atoms. The summed E-state index contributed by atoms with van der Waals surface area (Å²) in [7, 11) is 3.40. The lowest BCUT2D eigenvalue weighted by Gasteiger charge is -2.11. The van der Waals surface area contributed by atoms with Crippen molar-refractivity contribution in [2.75, 3.05) is 31.3 Å². The van der Waals surface area contributed by atoms with Crippen molar-refractivity contribution in [1.82, 2.24) is 15.0 Å². The Morgan fingerprint density at radius 2 is 1.71 bits per heavy atom. The van der Waals surface area contributed by atoms with Crippen molar-refractivity contribution in [3.63, 3.8) is 0 Å². The molecule has 2 N–H and O–H groups in total. The molecule has 0 saturated heterocycles. The second kappa shape index (κ2) is 8.70. The maximum absolute atomic E-state index is 12.3. The van der Waals surface area contributed by atoms with Crippen LogP contribution in [0.4, 0.5) is 17.6 Å². The normalized spacial score (nSPS) is 10.2. The third-order valence-electron chi connectivity index (χ3n) is 3.30. The van der Waals surface area contributed by atoms with E-state index >= 15 is 0 Å². The van der Waals surface area contributed by atoms with Gasteiger partial charge in [-0.1, -0.05) is 0 Å². The molecular weight excluding hydrogens is 372 g/mol.